The summed E-state index contributed by atoms with van der Waals surface area (Å²) in [6, 6.07) is 38.7. The number of nitrogens with one attached hydrogen (secondary N) is 1. The van der Waals surface area contributed by atoms with Gasteiger partial charge < -0.3 is 35.4 Å². The predicted octanol–water partition coefficient (Wildman–Crippen LogP) is 8.84. The third kappa shape index (κ3) is 16.0. The molecule has 8 rings (SSSR count). The van der Waals surface area contributed by atoms with Crippen molar-refractivity contribution in [3.63, 3.8) is 0 Å². The summed E-state index contributed by atoms with van der Waals surface area (Å²) < 4.78 is 88.3. The molecule has 3 amide bonds. The van der Waals surface area contributed by atoms with E-state index in [2.05, 4.69) is 5.32 Å². The van der Waals surface area contributed by atoms with E-state index < -0.39 is 49.5 Å². The molecule has 15 nitrogen and oxygen atoms in total. The Morgan fingerprint density at radius 3 is 1.45 bits per heavy atom. The number of hydrogen-bond acceptors (Lipinski definition) is 11. The van der Waals surface area contributed by atoms with Gasteiger partial charge in [0.05, 0.1) is 19.6 Å². The molecule has 0 saturated heterocycles. The predicted molar refractivity (Wildman–Crippen MR) is 276 cm³/mol. The minimum absolute atomic E-state index is 0.0152. The van der Waals surface area contributed by atoms with Crippen LogP contribution in [0.2, 0.25) is 0 Å². The van der Waals surface area contributed by atoms with Gasteiger partial charge in [0.2, 0.25) is 25.6 Å². The van der Waals surface area contributed by atoms with Gasteiger partial charge in [0.1, 0.15) is 37.9 Å². The van der Waals surface area contributed by atoms with Crippen LogP contribution in [0, 0.1) is 11.6 Å². The van der Waals surface area contributed by atoms with E-state index >= 15 is 0 Å². The lowest BCUT2D eigenvalue weighted by molar-refractivity contribution is -0.137. The van der Waals surface area contributed by atoms with Crippen LogP contribution in [0.3, 0.4) is 0 Å². The van der Waals surface area contributed by atoms with E-state index in [1.807, 2.05) is 66.7 Å². The van der Waals surface area contributed by atoms with Crippen LogP contribution in [-0.2, 0) is 64.8 Å². The molecule has 2 aliphatic carbocycles. The maximum Gasteiger partial charge on any atom is 0.410 e. The highest BCUT2D eigenvalue weighted by Crippen LogP contribution is 2.35. The van der Waals surface area contributed by atoms with E-state index in [0.29, 0.717) is 19.0 Å². The lowest BCUT2D eigenvalue weighted by Crippen LogP contribution is -2.40. The first kappa shape index (κ1) is 56.8. The Balaban J connectivity index is 0.000000203. The molecule has 0 bridgehead atoms. The molecule has 6 aromatic carbocycles. The van der Waals surface area contributed by atoms with Crippen molar-refractivity contribution in [1.29, 1.82) is 0 Å². The van der Waals surface area contributed by atoms with Crippen molar-refractivity contribution in [1.82, 2.24) is 15.1 Å². The Morgan fingerprint density at radius 2 is 1.01 bits per heavy atom. The van der Waals surface area contributed by atoms with E-state index in [4.69, 9.17) is 20.3 Å². The summed E-state index contributed by atoms with van der Waals surface area (Å²) in [6.07, 6.45) is 4.10. The lowest BCUT2D eigenvalue weighted by Gasteiger charge is -2.26. The summed E-state index contributed by atoms with van der Waals surface area (Å²) in [7, 11) is -4.65. The summed E-state index contributed by atoms with van der Waals surface area (Å²) in [5.41, 5.74) is 11.6. The number of hydrogen-bond donors (Lipinski definition) is 3. The fourth-order valence-corrected chi connectivity index (χ4v) is 11.3. The van der Waals surface area contributed by atoms with Gasteiger partial charge in [-0.25, -0.2) is 35.2 Å². The molecule has 0 spiro atoms. The van der Waals surface area contributed by atoms with Crippen LogP contribution in [0.15, 0.2) is 165 Å². The zero-order valence-corrected chi connectivity index (χ0v) is 43.2. The number of amides is 3. The molecule has 4 N–H and O–H groups in total. The fourth-order valence-electron chi connectivity index (χ4n) is 8.61. The zero-order valence-electron chi connectivity index (χ0n) is 41.6. The number of aryl methyl sites for hydroxylation is 2. The number of ether oxygens (including phenoxy) is 2. The number of fused-ring (bicyclic) bond motifs is 2. The maximum atomic E-state index is 13.6. The molecule has 0 fully saturated rings. The zero-order chi connectivity index (χ0) is 54.1. The van der Waals surface area contributed by atoms with Gasteiger partial charge in [-0.15, -0.1) is 0 Å². The number of carbonyl (C=O) groups excluding carboxylic acids is 3. The highest BCUT2D eigenvalue weighted by molar-refractivity contribution is 7.91. The quantitative estimate of drug-likeness (QED) is 0.0878. The first-order valence-electron chi connectivity index (χ1n) is 24.1. The van der Waals surface area contributed by atoms with Crippen molar-refractivity contribution < 1.29 is 59.4 Å². The normalized spacial score (nSPS) is 14.7. The number of carbonyl (C=O) groups is 4. The van der Waals surface area contributed by atoms with Gasteiger partial charge in [-0.05, 0) is 145 Å². The number of likely N-dealkylation sites (N-methyl/N-ethyl adjacent to an activating group) is 2. The number of carboxylic acids is 1. The highest BCUT2D eigenvalue weighted by Gasteiger charge is 2.27. The Hall–Kier alpha value is -7.48. The van der Waals surface area contributed by atoms with Gasteiger partial charge in [-0.2, -0.15) is 0 Å². The summed E-state index contributed by atoms with van der Waals surface area (Å²) in [5.74, 6) is -2.22. The molecule has 19 heteroatoms. The molecule has 6 aromatic rings. The molecule has 396 valence electrons. The van der Waals surface area contributed by atoms with Gasteiger partial charge in [0.25, 0.3) is 0 Å². The van der Waals surface area contributed by atoms with Crippen molar-refractivity contribution in [2.45, 2.75) is 83.2 Å². The minimum atomic E-state index is -3.84. The third-order valence-corrected chi connectivity index (χ3v) is 16.1. The van der Waals surface area contributed by atoms with Crippen molar-refractivity contribution >= 4 is 43.7 Å². The molecule has 0 saturated carbocycles. The summed E-state index contributed by atoms with van der Waals surface area (Å²) in [5, 5.41) is 11.4. The number of aliphatic carboxylic acids is 1. The number of sulfone groups is 2. The Morgan fingerprint density at radius 1 is 0.587 bits per heavy atom. The van der Waals surface area contributed by atoms with E-state index in [0.717, 1.165) is 88.9 Å². The number of carboxylic acid groups (broad SMARTS) is 1. The second kappa shape index (κ2) is 26.6. The molecule has 0 aromatic heterocycles. The monoisotopic (exact) mass is 1070 g/mol. The lowest BCUT2D eigenvalue weighted by atomic mass is 9.83. The standard InChI is InChI=1S/C28H29FN2O5S.C17H18FNO2S.C11H13NO4/c1-31(28(33)36-19-20-7-3-2-4-8-20)18-27(32)30-17-22-10-5-9-21-15-25(13-14-26(21)22)37(34,35)24-12-6-11-23(29)16-24;18-14-5-2-6-15(10-14)22(20,21)16-7-8-17-12(9-16)3-1-4-13(17)11-19;1-12(7-10(13)14)11(15)16-8-9-5-3-2-4-6-9/h2-4,6-8,11-16,22H,5,9-10,17-19H2,1H3,(H,30,32);2,5-10,13H,1,3-4,11,19H2;2-6H,7-8H2,1H3,(H,13,14)/t22-;13-;/m00./s1. The van der Waals surface area contributed by atoms with Gasteiger partial charge in [0.15, 0.2) is 0 Å². The molecule has 0 unspecified atom stereocenters. The average Bonchev–Trinajstić information content (AvgIpc) is 3.41. The van der Waals surface area contributed by atoms with Gasteiger partial charge in [-0.3, -0.25) is 9.59 Å². The van der Waals surface area contributed by atoms with Crippen LogP contribution < -0.4 is 11.1 Å². The van der Waals surface area contributed by atoms with Crippen molar-refractivity contribution in [2.75, 3.05) is 40.3 Å². The highest BCUT2D eigenvalue weighted by atomic mass is 32.2. The average molecular weight is 1070 g/mol. The number of benzene rings is 6. The van der Waals surface area contributed by atoms with Gasteiger partial charge in [0, 0.05) is 26.6 Å². The van der Waals surface area contributed by atoms with E-state index in [9.17, 15) is 44.8 Å². The first-order chi connectivity index (χ1) is 35.8. The summed E-state index contributed by atoms with van der Waals surface area (Å²) in [4.78, 5) is 48.8. The van der Waals surface area contributed by atoms with Gasteiger partial charge in [-0.1, -0.05) is 84.9 Å². The Bertz CT molecular complexity index is 3170. The van der Waals surface area contributed by atoms with Crippen LogP contribution >= 0.6 is 0 Å². The van der Waals surface area contributed by atoms with E-state index in [-0.39, 0.29) is 57.7 Å². The first-order valence-corrected chi connectivity index (χ1v) is 27.1. The Labute approximate surface area is 436 Å². The molecule has 2 aliphatic rings. The van der Waals surface area contributed by atoms with Crippen LogP contribution in [-0.4, -0.2) is 96.1 Å². The summed E-state index contributed by atoms with van der Waals surface area (Å²) >= 11 is 0. The fraction of sp³-hybridized carbons (Fsp3) is 0.286. The molecular weight excluding hydrogens is 1010 g/mol. The SMILES string of the molecule is CN(CC(=O)NC[C@@H]1CCCc2cc(S(=O)(=O)c3cccc(F)c3)ccc21)C(=O)OCc1ccccc1.CN(CC(=O)O)C(=O)OCc1ccccc1.NC[C@@H]1CCCc2cc(S(=O)(=O)c3cccc(F)c3)ccc21. The molecule has 0 heterocycles. The molecule has 0 aliphatic heterocycles. The van der Waals surface area contributed by atoms with Crippen LogP contribution in [0.5, 0.6) is 0 Å². The van der Waals surface area contributed by atoms with Crippen molar-refractivity contribution in [3.8, 4) is 0 Å². The summed E-state index contributed by atoms with van der Waals surface area (Å²) in [6.45, 7) is 0.703. The van der Waals surface area contributed by atoms with Crippen LogP contribution in [0.25, 0.3) is 0 Å². The molecule has 0 radical (unpaired) electrons. The number of nitrogens with zero attached hydrogens (tertiary/aromatic N) is 2. The van der Waals surface area contributed by atoms with Crippen molar-refractivity contribution in [3.05, 3.63) is 191 Å². The third-order valence-electron chi connectivity index (χ3n) is 12.6. The second-order valence-corrected chi connectivity index (χ2v) is 21.9. The smallest absolute Gasteiger partial charge is 0.410 e. The largest absolute Gasteiger partial charge is 0.480 e. The molecule has 2 atom stereocenters. The topological polar surface area (TPSA) is 220 Å². The van der Waals surface area contributed by atoms with E-state index in [1.54, 1.807) is 24.3 Å². The molecular formula is C56H60F2N4O11S2. The van der Waals surface area contributed by atoms with Gasteiger partial charge >= 0.3 is 18.2 Å². The van der Waals surface area contributed by atoms with Crippen molar-refractivity contribution in [2.24, 2.45) is 5.73 Å². The van der Waals surface area contributed by atoms with Crippen LogP contribution in [0.4, 0.5) is 18.4 Å². The second-order valence-electron chi connectivity index (χ2n) is 18.0. The Kier molecular flexibility index (Phi) is 20.2. The maximum absolute atomic E-state index is 13.6. The molecule has 75 heavy (non-hydrogen) atoms. The van der Waals surface area contributed by atoms with Crippen LogP contribution in [0.1, 0.15) is 70.9 Å². The van der Waals surface area contributed by atoms with E-state index in [1.165, 1.54) is 61.5 Å². The number of halogens is 2. The number of rotatable bonds is 15. The number of nitrogens with two attached hydrogens (primary N) is 1. The minimum Gasteiger partial charge on any atom is -0.480 e.